The third kappa shape index (κ3) is 7.36. The predicted octanol–water partition coefficient (Wildman–Crippen LogP) is 6.28. The van der Waals surface area contributed by atoms with E-state index in [9.17, 15) is 14.0 Å². The van der Waals surface area contributed by atoms with Gasteiger partial charge in [-0.1, -0.05) is 36.0 Å². The molecule has 5 aromatic rings. The molecular weight excluding hydrogens is 640 g/mol. The van der Waals surface area contributed by atoms with E-state index in [1.807, 2.05) is 48.7 Å². The minimum absolute atomic E-state index is 0.0181. The number of thiophene rings is 1. The van der Waals surface area contributed by atoms with Crippen molar-refractivity contribution in [2.24, 2.45) is 5.10 Å². The van der Waals surface area contributed by atoms with Gasteiger partial charge in [0.15, 0.2) is 11.0 Å². The van der Waals surface area contributed by atoms with Gasteiger partial charge in [0.1, 0.15) is 17.3 Å². The van der Waals surface area contributed by atoms with E-state index >= 15 is 0 Å². The Kier molecular flexibility index (Phi) is 9.93. The van der Waals surface area contributed by atoms with Gasteiger partial charge in [0.05, 0.1) is 42.6 Å². The Morgan fingerprint density at radius 3 is 2.55 bits per heavy atom. The Labute approximate surface area is 279 Å². The van der Waals surface area contributed by atoms with E-state index < -0.39 is 0 Å². The zero-order valence-electron chi connectivity index (χ0n) is 25.6. The number of amides is 2. The summed E-state index contributed by atoms with van der Waals surface area (Å²) in [7, 11) is 1.54. The molecule has 6 rings (SSSR count). The maximum absolute atomic E-state index is 13.8. The van der Waals surface area contributed by atoms with Crippen LogP contribution in [0.5, 0.6) is 11.5 Å². The Morgan fingerprint density at radius 2 is 1.83 bits per heavy atom. The van der Waals surface area contributed by atoms with Crippen LogP contribution in [0.15, 0.2) is 101 Å². The molecule has 240 valence electrons. The second-order valence-corrected chi connectivity index (χ2v) is 12.3. The molecule has 0 aliphatic carbocycles. The highest BCUT2D eigenvalue weighted by atomic mass is 32.2. The largest absolute Gasteiger partial charge is 0.497 e. The molecule has 47 heavy (non-hydrogen) atoms. The van der Waals surface area contributed by atoms with E-state index in [0.29, 0.717) is 41.1 Å². The second-order valence-electron chi connectivity index (χ2n) is 10.4. The van der Waals surface area contributed by atoms with Gasteiger partial charge in [0.2, 0.25) is 0 Å². The first-order chi connectivity index (χ1) is 22.9. The summed E-state index contributed by atoms with van der Waals surface area (Å²) in [5.41, 5.74) is 2.79. The lowest BCUT2D eigenvalue weighted by molar-refractivity contribution is -0.130. The fourth-order valence-electron chi connectivity index (χ4n) is 5.12. The van der Waals surface area contributed by atoms with Gasteiger partial charge in [-0.2, -0.15) is 5.10 Å². The Bertz CT molecular complexity index is 1880. The number of methoxy groups -OCH3 is 1. The molecular formula is C34H31FN6O4S2. The number of nitrogens with one attached hydrogen (secondary N) is 1. The van der Waals surface area contributed by atoms with Gasteiger partial charge in [-0.05, 0) is 78.5 Å². The number of hydrazone groups is 1. The molecule has 1 atom stereocenters. The molecule has 3 aromatic carbocycles. The molecule has 10 nitrogen and oxygen atoms in total. The summed E-state index contributed by atoms with van der Waals surface area (Å²) in [4.78, 5) is 27.7. The molecule has 2 amide bonds. The number of carbonyl (C=O) groups is 2. The lowest BCUT2D eigenvalue weighted by Crippen LogP contribution is -2.28. The summed E-state index contributed by atoms with van der Waals surface area (Å²) < 4.78 is 26.4. The van der Waals surface area contributed by atoms with E-state index in [2.05, 4.69) is 15.5 Å². The summed E-state index contributed by atoms with van der Waals surface area (Å²) in [6.45, 7) is 2.53. The fraction of sp³-hybridized carbons (Fsp3) is 0.206. The number of halogens is 1. The molecule has 1 N–H and O–H groups in total. The van der Waals surface area contributed by atoms with Crippen molar-refractivity contribution < 1.29 is 23.5 Å². The van der Waals surface area contributed by atoms with Gasteiger partial charge in [0.25, 0.3) is 11.8 Å². The quantitative estimate of drug-likeness (QED) is 0.156. The first-order valence-corrected chi connectivity index (χ1v) is 16.7. The van der Waals surface area contributed by atoms with Crippen LogP contribution in [0.25, 0.3) is 5.69 Å². The lowest BCUT2D eigenvalue weighted by Gasteiger charge is -2.22. The molecule has 13 heteroatoms. The van der Waals surface area contributed by atoms with Crippen molar-refractivity contribution in [3.63, 3.8) is 0 Å². The van der Waals surface area contributed by atoms with Crippen LogP contribution in [-0.2, 0) is 11.3 Å². The van der Waals surface area contributed by atoms with Crippen molar-refractivity contribution in [2.75, 3.05) is 19.5 Å². The van der Waals surface area contributed by atoms with Crippen LogP contribution < -0.4 is 14.8 Å². The fourth-order valence-corrected chi connectivity index (χ4v) is 6.66. The summed E-state index contributed by atoms with van der Waals surface area (Å²) in [5.74, 6) is 0.906. The van der Waals surface area contributed by atoms with Gasteiger partial charge in [-0.15, -0.1) is 21.5 Å². The number of benzene rings is 3. The van der Waals surface area contributed by atoms with Crippen molar-refractivity contribution in [1.29, 1.82) is 0 Å². The topological polar surface area (TPSA) is 111 Å². The molecule has 0 saturated heterocycles. The molecule has 0 bridgehead atoms. The molecule has 0 saturated carbocycles. The van der Waals surface area contributed by atoms with Crippen molar-refractivity contribution in [3.8, 4) is 17.2 Å². The average molecular weight is 671 g/mol. The standard InChI is InChI=1S/C34H31FN6O4S2/c1-3-45-26-15-13-25(14-16-26)40-31(20-36-33(43)23-6-4-7-27(18-23)44-2)37-38-34(40)47-21-32(42)41-29(22-9-11-24(35)12-10-22)19-28(39-41)30-8-5-17-46-30/h4-18,29H,3,19-21H2,1-2H3,(H,36,43)/t29-/m0/s1. The zero-order chi connectivity index (χ0) is 32.8. The summed E-state index contributed by atoms with van der Waals surface area (Å²) >= 11 is 2.77. The number of rotatable bonds is 12. The summed E-state index contributed by atoms with van der Waals surface area (Å²) in [6, 6.07) is 24.0. The molecule has 0 radical (unpaired) electrons. The number of aromatic nitrogens is 3. The molecule has 0 unspecified atom stereocenters. The highest BCUT2D eigenvalue weighted by Gasteiger charge is 2.33. The maximum atomic E-state index is 13.8. The van der Waals surface area contributed by atoms with Crippen LogP contribution >= 0.6 is 23.1 Å². The van der Waals surface area contributed by atoms with E-state index in [0.717, 1.165) is 21.8 Å². The maximum Gasteiger partial charge on any atom is 0.253 e. The van der Waals surface area contributed by atoms with Gasteiger partial charge < -0.3 is 14.8 Å². The van der Waals surface area contributed by atoms with E-state index in [1.165, 1.54) is 28.9 Å². The minimum atomic E-state index is -0.368. The Morgan fingerprint density at radius 1 is 1.02 bits per heavy atom. The number of hydrogen-bond acceptors (Lipinski definition) is 9. The van der Waals surface area contributed by atoms with Crippen LogP contribution in [0.1, 0.15) is 46.0 Å². The Balaban J connectivity index is 1.24. The van der Waals surface area contributed by atoms with Crippen molar-refractivity contribution >= 4 is 40.6 Å². The Hall–Kier alpha value is -5.01. The number of carbonyl (C=O) groups excluding carboxylic acids is 2. The highest BCUT2D eigenvalue weighted by Crippen LogP contribution is 2.35. The van der Waals surface area contributed by atoms with E-state index in [4.69, 9.17) is 14.6 Å². The summed E-state index contributed by atoms with van der Waals surface area (Å²) in [6.07, 6.45) is 0.516. The van der Waals surface area contributed by atoms with Crippen LogP contribution in [0.3, 0.4) is 0 Å². The van der Waals surface area contributed by atoms with Crippen LogP contribution in [-0.4, -0.2) is 56.8 Å². The molecule has 2 aromatic heterocycles. The lowest BCUT2D eigenvalue weighted by atomic mass is 10.0. The number of hydrogen-bond donors (Lipinski definition) is 1. The number of ether oxygens (including phenoxy) is 2. The van der Waals surface area contributed by atoms with Gasteiger partial charge >= 0.3 is 0 Å². The SMILES string of the molecule is CCOc1ccc(-n2c(CNC(=O)c3cccc(OC)c3)nnc2SCC(=O)N2N=C(c3cccs3)C[C@H]2c2ccc(F)cc2)cc1. The minimum Gasteiger partial charge on any atom is -0.497 e. The molecule has 1 aliphatic rings. The highest BCUT2D eigenvalue weighted by molar-refractivity contribution is 7.99. The van der Waals surface area contributed by atoms with Crippen molar-refractivity contribution in [3.05, 3.63) is 118 Å². The predicted molar refractivity (Wildman–Crippen MR) is 179 cm³/mol. The van der Waals surface area contributed by atoms with Crippen LogP contribution in [0.4, 0.5) is 4.39 Å². The molecule has 1 aliphatic heterocycles. The molecule has 0 fully saturated rings. The second kappa shape index (κ2) is 14.6. The summed E-state index contributed by atoms with van der Waals surface area (Å²) in [5, 5.41) is 20.3. The van der Waals surface area contributed by atoms with Gasteiger partial charge in [-0.3, -0.25) is 14.2 Å². The average Bonchev–Trinajstić information content (AvgIpc) is 3.88. The van der Waals surface area contributed by atoms with Crippen LogP contribution in [0, 0.1) is 5.82 Å². The monoisotopic (exact) mass is 670 g/mol. The normalized spacial score (nSPS) is 14.1. The number of nitrogens with zero attached hydrogens (tertiary/aromatic N) is 5. The third-order valence-electron chi connectivity index (χ3n) is 7.40. The smallest absolute Gasteiger partial charge is 0.253 e. The first kappa shape index (κ1) is 32.0. The molecule has 3 heterocycles. The first-order valence-electron chi connectivity index (χ1n) is 14.8. The van der Waals surface area contributed by atoms with Gasteiger partial charge in [0, 0.05) is 17.7 Å². The van der Waals surface area contributed by atoms with Crippen molar-refractivity contribution in [1.82, 2.24) is 25.1 Å². The zero-order valence-corrected chi connectivity index (χ0v) is 27.3. The van der Waals surface area contributed by atoms with E-state index in [1.54, 1.807) is 59.4 Å². The molecule has 0 spiro atoms. The van der Waals surface area contributed by atoms with Gasteiger partial charge in [-0.25, -0.2) is 9.40 Å². The number of thioether (sulfide) groups is 1. The third-order valence-corrected chi connectivity index (χ3v) is 9.23. The van der Waals surface area contributed by atoms with E-state index in [-0.39, 0.29) is 36.0 Å². The van der Waals surface area contributed by atoms with Crippen LogP contribution in [0.2, 0.25) is 0 Å². The van der Waals surface area contributed by atoms with Crippen molar-refractivity contribution in [2.45, 2.75) is 31.1 Å².